The van der Waals surface area contributed by atoms with Crippen LogP contribution in [0.1, 0.15) is 36.0 Å². The van der Waals surface area contributed by atoms with Crippen molar-refractivity contribution in [2.45, 2.75) is 44.3 Å². The molecule has 1 aliphatic heterocycles. The average Bonchev–Trinajstić information content (AvgIpc) is 3.29. The van der Waals surface area contributed by atoms with Gasteiger partial charge in [-0.15, -0.1) is 0 Å². The lowest BCUT2D eigenvalue weighted by molar-refractivity contribution is 0.0700. The summed E-state index contributed by atoms with van der Waals surface area (Å²) in [6.45, 7) is 1.73. The van der Waals surface area contributed by atoms with Crippen LogP contribution in [0.25, 0.3) is 33.5 Å². The number of methoxy groups -OCH3 is 1. The molecular weight excluding hydrogens is 518 g/mol. The predicted octanol–water partition coefficient (Wildman–Crippen LogP) is 4.94. The second-order valence-corrected chi connectivity index (χ2v) is 11.7. The third-order valence-corrected chi connectivity index (χ3v) is 9.04. The third-order valence-electron chi connectivity index (χ3n) is 8.55. The maximum absolute atomic E-state index is 13.6. The van der Waals surface area contributed by atoms with Gasteiger partial charge in [0.2, 0.25) is 0 Å². The minimum absolute atomic E-state index is 0.0257. The number of piperidine rings is 1. The zero-order chi connectivity index (χ0) is 24.7. The molecule has 2 bridgehead atoms. The van der Waals surface area contributed by atoms with Gasteiger partial charge < -0.3 is 24.5 Å². The Hall–Kier alpha value is -2.84. The number of imidazole rings is 1. The van der Waals surface area contributed by atoms with E-state index in [2.05, 4.69) is 49.3 Å². The zero-order valence-corrected chi connectivity index (χ0v) is 22.2. The van der Waals surface area contributed by atoms with Gasteiger partial charge in [-0.25, -0.2) is 4.98 Å². The number of ether oxygens (including phenoxy) is 1. The number of aromatic nitrogens is 3. The van der Waals surface area contributed by atoms with E-state index in [1.807, 2.05) is 24.1 Å². The number of nitrogens with zero attached hydrogens (tertiary/aromatic N) is 4. The molecule has 2 aliphatic carbocycles. The zero-order valence-electron chi connectivity index (χ0n) is 20.6. The van der Waals surface area contributed by atoms with Crippen molar-refractivity contribution < 1.29 is 9.53 Å². The highest BCUT2D eigenvalue weighted by Gasteiger charge is 2.47. The molecule has 2 aromatic carbocycles. The molecule has 0 radical (unpaired) electrons. The van der Waals surface area contributed by atoms with Crippen LogP contribution >= 0.6 is 15.9 Å². The van der Waals surface area contributed by atoms with E-state index < -0.39 is 0 Å². The number of carbonyl (C=O) groups excluding carboxylic acids is 1. The van der Waals surface area contributed by atoms with Crippen LogP contribution in [0, 0.1) is 11.8 Å². The Morgan fingerprint density at radius 1 is 1.17 bits per heavy atom. The molecule has 0 spiro atoms. The molecule has 36 heavy (non-hydrogen) atoms. The number of fused-ring (bicyclic) bond motifs is 4. The molecule has 3 atom stereocenters. The van der Waals surface area contributed by atoms with E-state index in [4.69, 9.17) is 15.5 Å². The number of hydrogen-bond acceptors (Lipinski definition) is 4. The number of likely N-dealkylation sites (tertiary alicyclic amines) is 1. The summed E-state index contributed by atoms with van der Waals surface area (Å²) >= 11 is 3.65. The summed E-state index contributed by atoms with van der Waals surface area (Å²) < 4.78 is 11.4. The molecule has 3 heterocycles. The van der Waals surface area contributed by atoms with Crippen molar-refractivity contribution in [3.63, 3.8) is 0 Å². The molecule has 7 nitrogen and oxygen atoms in total. The number of aryl methyl sites for hydroxylation is 1. The van der Waals surface area contributed by atoms with Gasteiger partial charge in [-0.1, -0.05) is 22.0 Å². The Balaban J connectivity index is 1.35. The van der Waals surface area contributed by atoms with E-state index >= 15 is 0 Å². The van der Waals surface area contributed by atoms with Gasteiger partial charge >= 0.3 is 0 Å². The van der Waals surface area contributed by atoms with Crippen LogP contribution in [0.15, 0.2) is 40.9 Å². The van der Waals surface area contributed by atoms with Gasteiger partial charge in [-0.2, -0.15) is 0 Å². The van der Waals surface area contributed by atoms with Crippen LogP contribution in [-0.2, 0) is 13.6 Å². The van der Waals surface area contributed by atoms with E-state index in [0.29, 0.717) is 23.1 Å². The van der Waals surface area contributed by atoms with Gasteiger partial charge in [0, 0.05) is 53.2 Å². The first-order valence-electron chi connectivity index (χ1n) is 12.8. The van der Waals surface area contributed by atoms with Gasteiger partial charge in [-0.3, -0.25) is 4.79 Å². The van der Waals surface area contributed by atoms with Crippen molar-refractivity contribution in [3.05, 3.63) is 46.4 Å². The molecule has 1 unspecified atom stereocenters. The molecule has 4 aromatic rings. The maximum Gasteiger partial charge on any atom is 0.254 e. The summed E-state index contributed by atoms with van der Waals surface area (Å²) in [6, 6.07) is 12.7. The largest absolute Gasteiger partial charge is 0.494 e. The quantitative estimate of drug-likeness (QED) is 0.384. The summed E-state index contributed by atoms with van der Waals surface area (Å²) in [5.41, 5.74) is 11.0. The van der Waals surface area contributed by atoms with E-state index in [1.54, 1.807) is 7.11 Å². The van der Waals surface area contributed by atoms with Crippen molar-refractivity contribution >= 4 is 43.8 Å². The van der Waals surface area contributed by atoms with Crippen LogP contribution in [0.5, 0.6) is 5.75 Å². The molecule has 3 fully saturated rings. The van der Waals surface area contributed by atoms with Crippen LogP contribution in [-0.4, -0.2) is 50.7 Å². The van der Waals surface area contributed by atoms with Crippen molar-refractivity contribution in [1.82, 2.24) is 19.0 Å². The van der Waals surface area contributed by atoms with Crippen molar-refractivity contribution in [3.8, 4) is 17.3 Å². The lowest BCUT2D eigenvalue weighted by Crippen LogP contribution is -2.41. The Labute approximate surface area is 218 Å². The molecule has 186 valence electrons. The number of hydrogen-bond donors (Lipinski definition) is 1. The smallest absolute Gasteiger partial charge is 0.254 e. The molecule has 3 aliphatic rings. The first-order chi connectivity index (χ1) is 17.4. The van der Waals surface area contributed by atoms with E-state index in [0.717, 1.165) is 53.0 Å². The number of halogens is 1. The fourth-order valence-corrected chi connectivity index (χ4v) is 6.78. The fraction of sp³-hybridized carbons (Fsp3) is 0.429. The molecule has 2 saturated carbocycles. The molecule has 1 amide bonds. The molecule has 7 rings (SSSR count). The van der Waals surface area contributed by atoms with Gasteiger partial charge in [0.05, 0.1) is 18.3 Å². The van der Waals surface area contributed by atoms with E-state index in [9.17, 15) is 4.79 Å². The average molecular weight is 548 g/mol. The van der Waals surface area contributed by atoms with E-state index in [1.165, 1.54) is 23.7 Å². The van der Waals surface area contributed by atoms with Gasteiger partial charge in [-0.05, 0) is 67.9 Å². The second kappa shape index (κ2) is 8.08. The third kappa shape index (κ3) is 3.34. The number of nitrogens with two attached hydrogens (primary N) is 1. The van der Waals surface area contributed by atoms with Gasteiger partial charge in [0.15, 0.2) is 5.82 Å². The summed E-state index contributed by atoms with van der Waals surface area (Å²) in [7, 11) is 3.69. The van der Waals surface area contributed by atoms with Crippen molar-refractivity contribution in [1.29, 1.82) is 0 Å². The Morgan fingerprint density at radius 3 is 2.69 bits per heavy atom. The first-order valence-corrected chi connectivity index (χ1v) is 13.6. The van der Waals surface area contributed by atoms with Crippen LogP contribution in [0.2, 0.25) is 0 Å². The van der Waals surface area contributed by atoms with Crippen LogP contribution < -0.4 is 10.5 Å². The van der Waals surface area contributed by atoms with Gasteiger partial charge in [0.1, 0.15) is 11.3 Å². The summed E-state index contributed by atoms with van der Waals surface area (Å²) in [5.74, 6) is 2.70. The monoisotopic (exact) mass is 547 g/mol. The van der Waals surface area contributed by atoms with Crippen LogP contribution in [0.3, 0.4) is 0 Å². The summed E-state index contributed by atoms with van der Waals surface area (Å²) in [5, 5.41) is 1.20. The van der Waals surface area contributed by atoms with Crippen molar-refractivity contribution in [2.24, 2.45) is 24.6 Å². The molecular formula is C28H30BrN5O2. The minimum atomic E-state index is 0.0257. The molecule has 2 N–H and O–H groups in total. The lowest BCUT2D eigenvalue weighted by Gasteiger charge is -2.27. The number of benzene rings is 2. The number of rotatable bonds is 5. The second-order valence-electron chi connectivity index (χ2n) is 10.8. The molecule has 2 aromatic heterocycles. The highest BCUT2D eigenvalue weighted by molar-refractivity contribution is 9.10. The maximum atomic E-state index is 13.6. The molecule has 8 heteroatoms. The normalized spacial score (nSPS) is 23.3. The highest BCUT2D eigenvalue weighted by atomic mass is 79.9. The highest BCUT2D eigenvalue weighted by Crippen LogP contribution is 2.40. The summed E-state index contributed by atoms with van der Waals surface area (Å²) in [4.78, 5) is 20.6. The topological polar surface area (TPSA) is 78.3 Å². The number of amides is 1. The minimum Gasteiger partial charge on any atom is -0.494 e. The Kier molecular flexibility index (Phi) is 5.02. The van der Waals surface area contributed by atoms with Gasteiger partial charge in [0.25, 0.3) is 5.91 Å². The van der Waals surface area contributed by atoms with Crippen LogP contribution in [0.4, 0.5) is 0 Å². The standard InChI is InChI=1S/C28H30BrN5O2/c1-32-26-20(9-18(11-24(26)36-2)28(35)34-14-17-6-8-21(34)25(17)30)31-27(32)23-10-16-5-7-19(29)12-22(16)33(23)13-15-3-4-15/h5,7,9-12,15,17,21,25H,3-4,6,8,13-14,30H2,1-2H3/t17-,21?,25+/m1/s1. The molecule has 1 saturated heterocycles. The first kappa shape index (κ1) is 22.4. The lowest BCUT2D eigenvalue weighted by atomic mass is 10.1. The Morgan fingerprint density at radius 2 is 2.00 bits per heavy atom. The van der Waals surface area contributed by atoms with E-state index in [-0.39, 0.29) is 18.0 Å². The predicted molar refractivity (Wildman–Crippen MR) is 144 cm³/mol. The number of carbonyl (C=O) groups is 1. The summed E-state index contributed by atoms with van der Waals surface area (Å²) in [6.07, 6.45) is 4.66. The Bertz CT molecular complexity index is 1530. The SMILES string of the molecule is COc1cc(C(=O)N2C[C@H]3CCC2[C@H]3N)cc2nc(-c3cc4ccc(Br)cc4n3CC3CC3)n(C)c12. The fourth-order valence-electron chi connectivity index (χ4n) is 6.43. The van der Waals surface area contributed by atoms with Crippen molar-refractivity contribution in [2.75, 3.05) is 13.7 Å².